The molecule has 1 aliphatic heterocycles. The number of carboxylic acids is 1. The molecule has 0 aromatic carbocycles. The van der Waals surface area contributed by atoms with Gasteiger partial charge in [-0.25, -0.2) is 4.79 Å². The number of hydrogen-bond acceptors (Lipinski definition) is 5. The van der Waals surface area contributed by atoms with Crippen LogP contribution in [0.4, 0.5) is 5.69 Å². The molecule has 2 fully saturated rings. The number of aromatic carboxylic acids is 1. The number of hydrogen-bond donors (Lipinski definition) is 2. The van der Waals surface area contributed by atoms with Crippen molar-refractivity contribution in [1.29, 1.82) is 0 Å². The topological polar surface area (TPSA) is 90.4 Å². The van der Waals surface area contributed by atoms with Crippen LogP contribution in [0.5, 0.6) is 0 Å². The Hall–Kier alpha value is -2.14. The molecule has 1 spiro atoms. The van der Waals surface area contributed by atoms with Crippen molar-refractivity contribution in [1.82, 2.24) is 0 Å². The second kappa shape index (κ2) is 9.25. The van der Waals surface area contributed by atoms with Gasteiger partial charge in [0.2, 0.25) is 5.91 Å². The monoisotopic (exact) mass is 471 g/mol. The number of amides is 1. The number of aliphatic hydroxyl groups is 1. The van der Waals surface area contributed by atoms with Crippen LogP contribution in [0, 0.1) is 23.2 Å². The molecular formula is C26H33NO5S. The van der Waals surface area contributed by atoms with Crippen molar-refractivity contribution < 1.29 is 24.5 Å². The largest absolute Gasteiger partial charge is 0.477 e. The molecule has 0 unspecified atom stereocenters. The van der Waals surface area contributed by atoms with Gasteiger partial charge in [-0.1, -0.05) is 23.5 Å². The summed E-state index contributed by atoms with van der Waals surface area (Å²) in [6.07, 6.45) is 7.93. The predicted octanol–water partition coefficient (Wildman–Crippen LogP) is 4.61. The van der Waals surface area contributed by atoms with Gasteiger partial charge in [0, 0.05) is 17.4 Å². The minimum atomic E-state index is -1.04. The normalized spacial score (nSPS) is 26.8. The zero-order chi connectivity index (χ0) is 23.8. The number of thiophene rings is 1. The van der Waals surface area contributed by atoms with Gasteiger partial charge in [-0.2, -0.15) is 0 Å². The van der Waals surface area contributed by atoms with Gasteiger partial charge in [-0.05, 0) is 71.8 Å². The van der Waals surface area contributed by atoms with E-state index in [1.807, 2.05) is 13.8 Å². The average molecular weight is 472 g/mol. The summed E-state index contributed by atoms with van der Waals surface area (Å²) < 4.78 is 5.66. The van der Waals surface area contributed by atoms with Gasteiger partial charge in [0.15, 0.2) is 0 Å². The van der Waals surface area contributed by atoms with Gasteiger partial charge in [0.05, 0.1) is 29.4 Å². The Morgan fingerprint density at radius 1 is 1.30 bits per heavy atom. The molecule has 1 saturated carbocycles. The van der Waals surface area contributed by atoms with Gasteiger partial charge in [0.1, 0.15) is 4.88 Å². The molecule has 0 radical (unpaired) electrons. The first-order chi connectivity index (χ1) is 15.6. The third kappa shape index (κ3) is 5.34. The van der Waals surface area contributed by atoms with Gasteiger partial charge >= 0.3 is 5.97 Å². The second-order valence-electron chi connectivity index (χ2n) is 10.4. The summed E-state index contributed by atoms with van der Waals surface area (Å²) in [6, 6.07) is 1.72. The van der Waals surface area contributed by atoms with Gasteiger partial charge < -0.3 is 19.8 Å². The molecular weight excluding hydrogens is 438 g/mol. The lowest BCUT2D eigenvalue weighted by Gasteiger charge is -2.38. The molecule has 3 aliphatic rings. The van der Waals surface area contributed by atoms with Gasteiger partial charge in [-0.15, -0.1) is 11.3 Å². The molecule has 1 aromatic rings. The Balaban J connectivity index is 1.69. The fraction of sp³-hybridized carbons (Fsp3) is 0.615. The molecule has 0 bridgehead atoms. The van der Waals surface area contributed by atoms with E-state index in [1.165, 1.54) is 5.57 Å². The van der Waals surface area contributed by atoms with Crippen LogP contribution in [0.15, 0.2) is 17.7 Å². The minimum absolute atomic E-state index is 0.00725. The summed E-state index contributed by atoms with van der Waals surface area (Å²) in [6.45, 7) is 6.46. The van der Waals surface area contributed by atoms with Crippen molar-refractivity contribution in [2.24, 2.45) is 11.3 Å². The number of allylic oxidation sites excluding steroid dienone is 2. The Morgan fingerprint density at radius 3 is 2.55 bits per heavy atom. The number of rotatable bonds is 5. The standard InChI is InChI=1S/C26H33NO5S/c1-17-4-6-18(7-5-17)23(29)27(19-8-12-26(13-9-19)16-32-26)21-14-20(33-22(21)24(30)31)10-11-25(2,3)15-28/h4,14,18-19,28H,5-9,12-13,15-16H2,1-3H3,(H,30,31)/t18-,19-,26-/m0/s1. The van der Waals surface area contributed by atoms with E-state index in [0.717, 1.165) is 56.5 Å². The van der Waals surface area contributed by atoms with E-state index in [4.69, 9.17) is 4.74 Å². The smallest absolute Gasteiger partial charge is 0.348 e. The molecule has 4 rings (SSSR count). The molecule has 178 valence electrons. The average Bonchev–Trinajstić information content (AvgIpc) is 3.41. The molecule has 7 heteroatoms. The third-order valence-electron chi connectivity index (χ3n) is 7.09. The SMILES string of the molecule is CC1=CC[C@H](C(=O)N(c2cc(C#CC(C)(C)CO)sc2C(=O)O)[C@H]2CC[C@]3(CC2)CO3)CC1. The van der Waals surface area contributed by atoms with E-state index in [2.05, 4.69) is 24.8 Å². The first-order valence-electron chi connectivity index (χ1n) is 11.8. The fourth-order valence-corrected chi connectivity index (χ4v) is 5.55. The Labute approximate surface area is 199 Å². The first-order valence-corrected chi connectivity index (χ1v) is 12.6. The van der Waals surface area contributed by atoms with Crippen LogP contribution in [0.2, 0.25) is 0 Å². The number of nitrogens with zero attached hydrogens (tertiary/aromatic N) is 1. The fourth-order valence-electron chi connectivity index (χ4n) is 4.70. The van der Waals surface area contributed by atoms with Crippen LogP contribution in [0.25, 0.3) is 0 Å². The summed E-state index contributed by atoms with van der Waals surface area (Å²) in [5.41, 5.74) is 1.18. The van der Waals surface area contributed by atoms with Crippen molar-refractivity contribution in [2.45, 2.75) is 77.4 Å². The van der Waals surface area contributed by atoms with Crippen molar-refractivity contribution in [3.05, 3.63) is 27.5 Å². The molecule has 2 aliphatic carbocycles. The number of carbonyl (C=O) groups excluding carboxylic acids is 1. The molecule has 33 heavy (non-hydrogen) atoms. The van der Waals surface area contributed by atoms with Gasteiger partial charge in [-0.3, -0.25) is 4.79 Å². The van der Waals surface area contributed by atoms with E-state index >= 15 is 0 Å². The second-order valence-corrected chi connectivity index (χ2v) is 11.4. The van der Waals surface area contributed by atoms with E-state index in [9.17, 15) is 19.8 Å². The highest BCUT2D eigenvalue weighted by Crippen LogP contribution is 2.45. The van der Waals surface area contributed by atoms with Crippen LogP contribution in [-0.2, 0) is 9.53 Å². The van der Waals surface area contributed by atoms with Crippen molar-refractivity contribution in [3.8, 4) is 11.8 Å². The molecule has 1 aromatic heterocycles. The van der Waals surface area contributed by atoms with E-state index in [-0.39, 0.29) is 35.0 Å². The van der Waals surface area contributed by atoms with Crippen LogP contribution in [0.1, 0.15) is 80.3 Å². The van der Waals surface area contributed by atoms with Crippen LogP contribution in [0.3, 0.4) is 0 Å². The zero-order valence-corrected chi connectivity index (χ0v) is 20.5. The zero-order valence-electron chi connectivity index (χ0n) is 19.6. The number of anilines is 1. The number of epoxide rings is 1. The number of carbonyl (C=O) groups is 2. The Kier molecular flexibility index (Phi) is 6.73. The molecule has 1 saturated heterocycles. The number of carboxylic acid groups (broad SMARTS) is 1. The van der Waals surface area contributed by atoms with E-state index in [0.29, 0.717) is 17.0 Å². The highest BCUT2D eigenvalue weighted by molar-refractivity contribution is 7.15. The summed E-state index contributed by atoms with van der Waals surface area (Å²) in [7, 11) is 0. The maximum Gasteiger partial charge on any atom is 0.348 e. The van der Waals surface area contributed by atoms with E-state index < -0.39 is 11.4 Å². The van der Waals surface area contributed by atoms with Crippen molar-refractivity contribution in [2.75, 3.05) is 18.1 Å². The molecule has 2 N–H and O–H groups in total. The molecule has 6 nitrogen and oxygen atoms in total. The lowest BCUT2D eigenvalue weighted by atomic mass is 9.83. The number of ether oxygens (including phenoxy) is 1. The van der Waals surface area contributed by atoms with Crippen LogP contribution in [-0.4, -0.2) is 46.9 Å². The number of aliphatic hydroxyl groups excluding tert-OH is 1. The van der Waals surface area contributed by atoms with Gasteiger partial charge in [0.25, 0.3) is 0 Å². The Bertz CT molecular complexity index is 1010. The quantitative estimate of drug-likeness (QED) is 0.372. The lowest BCUT2D eigenvalue weighted by molar-refractivity contribution is -0.123. The van der Waals surface area contributed by atoms with Crippen molar-refractivity contribution >= 4 is 28.9 Å². The van der Waals surface area contributed by atoms with Crippen molar-refractivity contribution in [3.63, 3.8) is 0 Å². The first kappa shape index (κ1) is 24.0. The highest BCUT2D eigenvalue weighted by atomic mass is 32.1. The van der Waals surface area contributed by atoms with E-state index in [1.54, 1.807) is 11.0 Å². The molecule has 1 atom stereocenters. The Morgan fingerprint density at radius 2 is 2.00 bits per heavy atom. The maximum atomic E-state index is 13.8. The predicted molar refractivity (Wildman–Crippen MR) is 129 cm³/mol. The summed E-state index contributed by atoms with van der Waals surface area (Å²) in [4.78, 5) is 28.6. The minimum Gasteiger partial charge on any atom is -0.477 e. The molecule has 2 heterocycles. The highest BCUT2D eigenvalue weighted by Gasteiger charge is 2.49. The summed E-state index contributed by atoms with van der Waals surface area (Å²) in [5.74, 6) is 4.91. The summed E-state index contributed by atoms with van der Waals surface area (Å²) >= 11 is 1.10. The summed E-state index contributed by atoms with van der Waals surface area (Å²) in [5, 5.41) is 19.5. The lowest BCUT2D eigenvalue weighted by Crippen LogP contribution is -2.47. The molecule has 1 amide bonds. The third-order valence-corrected chi connectivity index (χ3v) is 8.12. The van der Waals surface area contributed by atoms with Crippen LogP contribution >= 0.6 is 11.3 Å². The van der Waals surface area contributed by atoms with Crippen LogP contribution < -0.4 is 4.90 Å². The maximum absolute atomic E-state index is 13.8.